The van der Waals surface area contributed by atoms with E-state index in [2.05, 4.69) is 10.3 Å². The summed E-state index contributed by atoms with van der Waals surface area (Å²) < 4.78 is 5.15. The average molecular weight is 297 g/mol. The van der Waals surface area contributed by atoms with E-state index in [1.807, 2.05) is 0 Å². The van der Waals surface area contributed by atoms with E-state index >= 15 is 0 Å². The molecule has 1 amide bonds. The van der Waals surface area contributed by atoms with Gasteiger partial charge in [-0.05, 0) is 45.2 Å². The summed E-state index contributed by atoms with van der Waals surface area (Å²) in [6.07, 6.45) is 1.12. The molecule has 1 aromatic rings. The van der Waals surface area contributed by atoms with Crippen molar-refractivity contribution in [3.8, 4) is 0 Å². The summed E-state index contributed by atoms with van der Waals surface area (Å²) in [5.74, 6) is -0.909. The molecule has 20 heavy (non-hydrogen) atoms. The highest BCUT2D eigenvalue weighted by Crippen LogP contribution is 2.21. The second kappa shape index (κ2) is 5.79. The Morgan fingerprint density at radius 2 is 2.10 bits per heavy atom. The predicted molar refractivity (Wildman–Crippen MR) is 74.8 cm³/mol. The van der Waals surface area contributed by atoms with Crippen LogP contribution in [0, 0.1) is 13.8 Å². The molecule has 0 spiro atoms. The number of rotatable bonds is 4. The molecule has 1 heterocycles. The first-order chi connectivity index (χ1) is 9.38. The Labute approximate surface area is 122 Å². The van der Waals surface area contributed by atoms with E-state index in [1.165, 1.54) is 0 Å². The molecule has 0 radical (unpaired) electrons. The molecule has 5 nitrogen and oxygen atoms in total. The molecular weight excluding hydrogens is 280 g/mol. The van der Waals surface area contributed by atoms with Crippen LogP contribution in [0.1, 0.15) is 41.4 Å². The lowest BCUT2D eigenvalue weighted by Crippen LogP contribution is -2.37. The Morgan fingerprint density at radius 3 is 2.65 bits per heavy atom. The fraction of sp³-hybridized carbons (Fsp3) is 0.500. The number of halogens is 1. The van der Waals surface area contributed by atoms with Gasteiger partial charge < -0.3 is 10.1 Å². The Bertz CT molecular complexity index is 532. The van der Waals surface area contributed by atoms with Crippen molar-refractivity contribution in [2.45, 2.75) is 45.8 Å². The zero-order chi connectivity index (χ0) is 14.9. The molecule has 0 unspecified atom stereocenters. The number of carbonyl (C=O) groups excluding carboxylic acids is 2. The van der Waals surface area contributed by atoms with Gasteiger partial charge in [-0.3, -0.25) is 4.79 Å². The zero-order valence-corrected chi connectivity index (χ0v) is 12.5. The molecule has 1 atom stereocenters. The summed E-state index contributed by atoms with van der Waals surface area (Å²) in [6, 6.07) is 1.98. The summed E-state index contributed by atoms with van der Waals surface area (Å²) in [6.45, 7) is 5.09. The number of esters is 1. The maximum Gasteiger partial charge on any atom is 0.342 e. The van der Waals surface area contributed by atoms with Gasteiger partial charge in [0.05, 0.1) is 5.56 Å². The van der Waals surface area contributed by atoms with Crippen molar-refractivity contribution in [2.75, 3.05) is 0 Å². The first-order valence-electron chi connectivity index (χ1n) is 6.53. The molecule has 0 aliphatic heterocycles. The smallest absolute Gasteiger partial charge is 0.342 e. The van der Waals surface area contributed by atoms with E-state index in [4.69, 9.17) is 16.3 Å². The topological polar surface area (TPSA) is 68.3 Å². The van der Waals surface area contributed by atoms with Gasteiger partial charge in [0.25, 0.3) is 5.91 Å². The molecule has 1 saturated carbocycles. The molecule has 108 valence electrons. The van der Waals surface area contributed by atoms with Crippen molar-refractivity contribution in [1.82, 2.24) is 10.3 Å². The fourth-order valence-electron chi connectivity index (χ4n) is 1.86. The van der Waals surface area contributed by atoms with Crippen LogP contribution in [0.5, 0.6) is 0 Å². The second-order valence-electron chi connectivity index (χ2n) is 5.08. The summed E-state index contributed by atoms with van der Waals surface area (Å²) in [5.41, 5.74) is 1.62. The molecule has 1 aromatic heterocycles. The second-order valence-corrected chi connectivity index (χ2v) is 5.43. The zero-order valence-electron chi connectivity index (χ0n) is 11.7. The SMILES string of the molecule is Cc1cc(C)c(C(=O)O[C@@H](C)C(=O)NC2CC2)c(Cl)n1. The van der Waals surface area contributed by atoms with Crippen molar-refractivity contribution in [1.29, 1.82) is 0 Å². The molecule has 0 saturated heterocycles. The van der Waals surface area contributed by atoms with Gasteiger partial charge in [0.15, 0.2) is 6.10 Å². The van der Waals surface area contributed by atoms with Crippen LogP contribution in [0.3, 0.4) is 0 Å². The number of nitrogens with one attached hydrogen (secondary N) is 1. The van der Waals surface area contributed by atoms with Crippen LogP contribution in [-0.4, -0.2) is 29.0 Å². The van der Waals surface area contributed by atoms with Crippen LogP contribution in [0.25, 0.3) is 0 Å². The van der Waals surface area contributed by atoms with Crippen LogP contribution in [0.4, 0.5) is 0 Å². The Kier molecular flexibility index (Phi) is 4.28. The molecule has 2 rings (SSSR count). The Balaban J connectivity index is 2.05. The average Bonchev–Trinajstić information content (AvgIpc) is 3.11. The summed E-state index contributed by atoms with van der Waals surface area (Å²) >= 11 is 5.97. The van der Waals surface area contributed by atoms with Crippen molar-refractivity contribution in [3.05, 3.63) is 28.0 Å². The van der Waals surface area contributed by atoms with E-state index < -0.39 is 12.1 Å². The minimum atomic E-state index is -0.847. The lowest BCUT2D eigenvalue weighted by molar-refractivity contribution is -0.129. The quantitative estimate of drug-likeness (QED) is 0.683. The van der Waals surface area contributed by atoms with Gasteiger partial charge in [-0.15, -0.1) is 0 Å². The summed E-state index contributed by atoms with van der Waals surface area (Å²) in [5, 5.41) is 2.88. The number of aromatic nitrogens is 1. The first-order valence-corrected chi connectivity index (χ1v) is 6.91. The van der Waals surface area contributed by atoms with Gasteiger partial charge in [-0.25, -0.2) is 9.78 Å². The standard InChI is InChI=1S/C14H17ClN2O3/c1-7-6-8(2)16-12(15)11(7)14(19)20-9(3)13(18)17-10-4-5-10/h6,9-10H,4-5H2,1-3H3,(H,17,18)/t9-/m0/s1. The molecule has 1 aliphatic rings. The van der Waals surface area contributed by atoms with Gasteiger partial charge in [0, 0.05) is 11.7 Å². The van der Waals surface area contributed by atoms with Gasteiger partial charge in [0.2, 0.25) is 0 Å². The molecule has 0 bridgehead atoms. The number of aryl methyl sites for hydroxylation is 2. The van der Waals surface area contributed by atoms with Gasteiger partial charge >= 0.3 is 5.97 Å². The normalized spacial score (nSPS) is 15.6. The van der Waals surface area contributed by atoms with Crippen LogP contribution >= 0.6 is 11.6 Å². The van der Waals surface area contributed by atoms with E-state index in [0.29, 0.717) is 5.56 Å². The molecule has 1 N–H and O–H groups in total. The van der Waals surface area contributed by atoms with E-state index in [1.54, 1.807) is 26.8 Å². The van der Waals surface area contributed by atoms with E-state index in [0.717, 1.165) is 18.5 Å². The van der Waals surface area contributed by atoms with Crippen molar-refractivity contribution < 1.29 is 14.3 Å². The van der Waals surface area contributed by atoms with Crippen molar-refractivity contribution >= 4 is 23.5 Å². The minimum Gasteiger partial charge on any atom is -0.449 e. The van der Waals surface area contributed by atoms with E-state index in [9.17, 15) is 9.59 Å². The Morgan fingerprint density at radius 1 is 1.45 bits per heavy atom. The number of amides is 1. The van der Waals surface area contributed by atoms with Crippen LogP contribution in [0.2, 0.25) is 5.15 Å². The van der Waals surface area contributed by atoms with Crippen molar-refractivity contribution in [2.24, 2.45) is 0 Å². The highest BCUT2D eigenvalue weighted by atomic mass is 35.5. The van der Waals surface area contributed by atoms with Crippen LogP contribution < -0.4 is 5.32 Å². The summed E-state index contributed by atoms with van der Waals surface area (Å²) in [4.78, 5) is 27.9. The molecule has 6 heteroatoms. The third kappa shape index (κ3) is 3.48. The third-order valence-corrected chi connectivity index (χ3v) is 3.35. The van der Waals surface area contributed by atoms with Crippen LogP contribution in [-0.2, 0) is 9.53 Å². The number of hydrogen-bond acceptors (Lipinski definition) is 4. The van der Waals surface area contributed by atoms with Gasteiger partial charge in [-0.2, -0.15) is 0 Å². The number of pyridine rings is 1. The van der Waals surface area contributed by atoms with Gasteiger partial charge in [-0.1, -0.05) is 11.6 Å². The number of hydrogen-bond donors (Lipinski definition) is 1. The number of nitrogens with zero attached hydrogens (tertiary/aromatic N) is 1. The highest BCUT2D eigenvalue weighted by molar-refractivity contribution is 6.32. The largest absolute Gasteiger partial charge is 0.449 e. The molecular formula is C14H17ClN2O3. The number of carbonyl (C=O) groups is 2. The van der Waals surface area contributed by atoms with Crippen LogP contribution in [0.15, 0.2) is 6.07 Å². The molecule has 1 fully saturated rings. The fourth-order valence-corrected chi connectivity index (χ4v) is 2.22. The number of ether oxygens (including phenoxy) is 1. The Hall–Kier alpha value is -1.62. The lowest BCUT2D eigenvalue weighted by Gasteiger charge is -2.14. The predicted octanol–water partition coefficient (Wildman–Crippen LogP) is 2.18. The highest BCUT2D eigenvalue weighted by Gasteiger charge is 2.28. The summed E-state index contributed by atoms with van der Waals surface area (Å²) in [7, 11) is 0. The third-order valence-electron chi connectivity index (χ3n) is 3.08. The van der Waals surface area contributed by atoms with Gasteiger partial charge in [0.1, 0.15) is 5.15 Å². The van der Waals surface area contributed by atoms with E-state index in [-0.39, 0.29) is 22.7 Å². The maximum absolute atomic E-state index is 12.1. The maximum atomic E-state index is 12.1. The van der Waals surface area contributed by atoms with Crippen molar-refractivity contribution in [3.63, 3.8) is 0 Å². The first kappa shape index (κ1) is 14.8. The molecule has 0 aromatic carbocycles. The minimum absolute atomic E-state index is 0.0994. The monoisotopic (exact) mass is 296 g/mol. The molecule has 1 aliphatic carbocycles. The lowest BCUT2D eigenvalue weighted by atomic mass is 10.1.